The number of nitrogens with zero attached hydrogens (tertiary/aromatic N) is 1. The van der Waals surface area contributed by atoms with E-state index >= 15 is 0 Å². The first-order valence-electron chi connectivity index (χ1n) is 6.26. The van der Waals surface area contributed by atoms with Gasteiger partial charge in [-0.2, -0.15) is 0 Å². The standard InChI is InChI=1S/C14H21NO2/c1-4-15-10-6-7-11(15)14-12(16-2)8-5-9-13(14)17-3/h5,8-9,11H,4,6-7,10H2,1-3H3. The van der Waals surface area contributed by atoms with Crippen molar-refractivity contribution >= 4 is 0 Å². The minimum atomic E-state index is 0.436. The Morgan fingerprint density at radius 1 is 1.24 bits per heavy atom. The van der Waals surface area contributed by atoms with Crippen molar-refractivity contribution in [1.82, 2.24) is 4.90 Å². The first-order valence-corrected chi connectivity index (χ1v) is 6.26. The fourth-order valence-corrected chi connectivity index (χ4v) is 2.74. The Labute approximate surface area is 103 Å². The van der Waals surface area contributed by atoms with Crippen molar-refractivity contribution in [3.05, 3.63) is 23.8 Å². The zero-order chi connectivity index (χ0) is 12.3. The number of likely N-dealkylation sites (tertiary alicyclic amines) is 1. The Morgan fingerprint density at radius 3 is 2.41 bits per heavy atom. The van der Waals surface area contributed by atoms with E-state index in [4.69, 9.17) is 9.47 Å². The van der Waals surface area contributed by atoms with Crippen LogP contribution in [0.2, 0.25) is 0 Å². The number of hydrogen-bond acceptors (Lipinski definition) is 3. The maximum atomic E-state index is 5.49. The van der Waals surface area contributed by atoms with E-state index in [0.717, 1.165) is 18.0 Å². The second-order valence-corrected chi connectivity index (χ2v) is 4.36. The first-order chi connectivity index (χ1) is 8.31. The average molecular weight is 235 g/mol. The molecule has 3 nitrogen and oxygen atoms in total. The minimum Gasteiger partial charge on any atom is -0.496 e. The Kier molecular flexibility index (Phi) is 3.89. The molecule has 0 aliphatic carbocycles. The highest BCUT2D eigenvalue weighted by atomic mass is 16.5. The van der Waals surface area contributed by atoms with E-state index < -0.39 is 0 Å². The van der Waals surface area contributed by atoms with Gasteiger partial charge in [0.2, 0.25) is 0 Å². The quantitative estimate of drug-likeness (QED) is 0.801. The average Bonchev–Trinajstić information content (AvgIpc) is 2.85. The predicted molar refractivity (Wildman–Crippen MR) is 68.8 cm³/mol. The van der Waals surface area contributed by atoms with Crippen molar-refractivity contribution in [1.29, 1.82) is 0 Å². The lowest BCUT2D eigenvalue weighted by Crippen LogP contribution is -2.23. The molecule has 1 unspecified atom stereocenters. The van der Waals surface area contributed by atoms with Gasteiger partial charge in [0, 0.05) is 6.04 Å². The second-order valence-electron chi connectivity index (χ2n) is 4.36. The van der Waals surface area contributed by atoms with Gasteiger partial charge < -0.3 is 9.47 Å². The zero-order valence-corrected chi connectivity index (χ0v) is 10.9. The van der Waals surface area contributed by atoms with Gasteiger partial charge in [0.05, 0.1) is 19.8 Å². The Balaban J connectivity index is 2.41. The van der Waals surface area contributed by atoms with Crippen LogP contribution in [-0.4, -0.2) is 32.2 Å². The lowest BCUT2D eigenvalue weighted by Gasteiger charge is -2.26. The van der Waals surface area contributed by atoms with Gasteiger partial charge in [-0.25, -0.2) is 0 Å². The monoisotopic (exact) mass is 235 g/mol. The number of hydrogen-bond donors (Lipinski definition) is 0. The van der Waals surface area contributed by atoms with Crippen LogP contribution in [0.25, 0.3) is 0 Å². The Morgan fingerprint density at radius 2 is 1.88 bits per heavy atom. The number of benzene rings is 1. The highest BCUT2D eigenvalue weighted by Crippen LogP contribution is 2.41. The van der Waals surface area contributed by atoms with Crippen LogP contribution >= 0.6 is 0 Å². The molecular weight excluding hydrogens is 214 g/mol. The van der Waals surface area contributed by atoms with Crippen LogP contribution < -0.4 is 9.47 Å². The van der Waals surface area contributed by atoms with Crippen molar-refractivity contribution in [2.45, 2.75) is 25.8 Å². The molecule has 2 rings (SSSR count). The summed E-state index contributed by atoms with van der Waals surface area (Å²) in [5, 5.41) is 0. The van der Waals surface area contributed by atoms with Crippen molar-refractivity contribution in [3.63, 3.8) is 0 Å². The van der Waals surface area contributed by atoms with Crippen molar-refractivity contribution in [2.24, 2.45) is 0 Å². The highest BCUT2D eigenvalue weighted by Gasteiger charge is 2.29. The normalized spacial score (nSPS) is 20.5. The van der Waals surface area contributed by atoms with Crippen LogP contribution in [-0.2, 0) is 0 Å². The SMILES string of the molecule is CCN1CCCC1c1c(OC)cccc1OC. The number of ether oxygens (including phenoxy) is 2. The molecule has 1 fully saturated rings. The van der Waals surface area contributed by atoms with Crippen LogP contribution in [0.3, 0.4) is 0 Å². The maximum Gasteiger partial charge on any atom is 0.127 e. The molecule has 1 aromatic rings. The minimum absolute atomic E-state index is 0.436. The van der Waals surface area contributed by atoms with Crippen molar-refractivity contribution < 1.29 is 9.47 Å². The molecule has 0 spiro atoms. The maximum absolute atomic E-state index is 5.49. The van der Waals surface area contributed by atoms with Crippen molar-refractivity contribution in [3.8, 4) is 11.5 Å². The lowest BCUT2D eigenvalue weighted by molar-refractivity contribution is 0.257. The summed E-state index contributed by atoms with van der Waals surface area (Å²) in [7, 11) is 3.45. The molecular formula is C14H21NO2. The van der Waals surface area contributed by atoms with Gasteiger partial charge in [0.1, 0.15) is 11.5 Å². The molecule has 0 saturated carbocycles. The summed E-state index contributed by atoms with van der Waals surface area (Å²) < 4.78 is 11.0. The molecule has 1 aliphatic heterocycles. The van der Waals surface area contributed by atoms with Crippen LogP contribution in [0.15, 0.2) is 18.2 Å². The molecule has 17 heavy (non-hydrogen) atoms. The third kappa shape index (κ3) is 2.25. The lowest BCUT2D eigenvalue weighted by atomic mass is 10.0. The second kappa shape index (κ2) is 5.41. The van der Waals surface area contributed by atoms with Crippen LogP contribution in [0.4, 0.5) is 0 Å². The van der Waals surface area contributed by atoms with Crippen LogP contribution in [0.1, 0.15) is 31.4 Å². The molecule has 1 saturated heterocycles. The topological polar surface area (TPSA) is 21.7 Å². The van der Waals surface area contributed by atoms with E-state index in [1.807, 2.05) is 18.2 Å². The van der Waals surface area contributed by atoms with Crippen LogP contribution in [0, 0.1) is 0 Å². The van der Waals surface area contributed by atoms with Gasteiger partial charge >= 0.3 is 0 Å². The van der Waals surface area contributed by atoms with Gasteiger partial charge in [-0.3, -0.25) is 4.90 Å². The largest absolute Gasteiger partial charge is 0.496 e. The van der Waals surface area contributed by atoms with Gasteiger partial charge in [-0.1, -0.05) is 13.0 Å². The van der Waals surface area contributed by atoms with E-state index in [1.165, 1.54) is 24.9 Å². The molecule has 1 heterocycles. The molecule has 94 valence electrons. The first kappa shape index (κ1) is 12.2. The molecule has 3 heteroatoms. The molecule has 0 amide bonds. The zero-order valence-electron chi connectivity index (χ0n) is 10.9. The van der Waals surface area contributed by atoms with E-state index in [9.17, 15) is 0 Å². The highest BCUT2D eigenvalue weighted by molar-refractivity contribution is 5.47. The number of methoxy groups -OCH3 is 2. The van der Waals surface area contributed by atoms with Gasteiger partial charge in [0.25, 0.3) is 0 Å². The molecule has 0 aromatic heterocycles. The summed E-state index contributed by atoms with van der Waals surface area (Å²) in [5.41, 5.74) is 1.21. The summed E-state index contributed by atoms with van der Waals surface area (Å²) in [6.07, 6.45) is 2.43. The molecule has 1 atom stereocenters. The third-order valence-electron chi connectivity index (χ3n) is 3.57. The third-order valence-corrected chi connectivity index (χ3v) is 3.57. The summed E-state index contributed by atoms with van der Waals surface area (Å²) >= 11 is 0. The fourth-order valence-electron chi connectivity index (χ4n) is 2.74. The van der Waals surface area contributed by atoms with E-state index in [1.54, 1.807) is 14.2 Å². The molecule has 1 aliphatic rings. The summed E-state index contributed by atoms with van der Waals surface area (Å²) in [6, 6.07) is 6.45. The van der Waals surface area contributed by atoms with Gasteiger partial charge in [-0.05, 0) is 38.1 Å². The molecule has 0 N–H and O–H groups in total. The van der Waals surface area contributed by atoms with Gasteiger partial charge in [0.15, 0.2) is 0 Å². The Hall–Kier alpha value is -1.22. The fraction of sp³-hybridized carbons (Fsp3) is 0.571. The molecule has 0 bridgehead atoms. The smallest absolute Gasteiger partial charge is 0.127 e. The van der Waals surface area contributed by atoms with E-state index in [-0.39, 0.29) is 0 Å². The van der Waals surface area contributed by atoms with Crippen molar-refractivity contribution in [2.75, 3.05) is 27.3 Å². The van der Waals surface area contributed by atoms with E-state index in [2.05, 4.69) is 11.8 Å². The molecule has 0 radical (unpaired) electrons. The summed E-state index contributed by atoms with van der Waals surface area (Å²) in [6.45, 7) is 4.45. The summed E-state index contributed by atoms with van der Waals surface area (Å²) in [4.78, 5) is 2.49. The molecule has 1 aromatic carbocycles. The Bertz CT molecular complexity index is 356. The van der Waals surface area contributed by atoms with Gasteiger partial charge in [-0.15, -0.1) is 0 Å². The summed E-state index contributed by atoms with van der Waals surface area (Å²) in [5.74, 6) is 1.88. The van der Waals surface area contributed by atoms with Crippen LogP contribution in [0.5, 0.6) is 11.5 Å². The number of rotatable bonds is 4. The predicted octanol–water partition coefficient (Wildman–Crippen LogP) is 2.86. The van der Waals surface area contributed by atoms with E-state index in [0.29, 0.717) is 6.04 Å².